The van der Waals surface area contributed by atoms with Crippen LogP contribution in [0.25, 0.3) is 23.0 Å². The quantitative estimate of drug-likeness (QED) is 0.263. The van der Waals surface area contributed by atoms with E-state index in [2.05, 4.69) is 45.5 Å². The van der Waals surface area contributed by atoms with Gasteiger partial charge in [-0.1, -0.05) is 64.0 Å². The Kier molecular flexibility index (Phi) is 11.2. The number of halogens is 3. The van der Waals surface area contributed by atoms with E-state index in [9.17, 15) is 18.0 Å². The summed E-state index contributed by atoms with van der Waals surface area (Å²) in [4.78, 5) is 25.6. The van der Waals surface area contributed by atoms with Gasteiger partial charge in [-0.2, -0.15) is 10.1 Å². The van der Waals surface area contributed by atoms with Crippen LogP contribution in [0.2, 0.25) is 0 Å². The first-order valence-electron chi connectivity index (χ1n) is 12.2. The maximum atomic E-state index is 12.4. The van der Waals surface area contributed by atoms with Gasteiger partial charge < -0.3 is 14.0 Å². The highest BCUT2D eigenvalue weighted by Crippen LogP contribution is 2.27. The molecule has 4 aromatic rings. The lowest BCUT2D eigenvalue weighted by Gasteiger charge is -2.19. The summed E-state index contributed by atoms with van der Waals surface area (Å²) in [6, 6.07) is 15.9. The van der Waals surface area contributed by atoms with E-state index in [0.717, 1.165) is 23.3 Å². The van der Waals surface area contributed by atoms with Crippen LogP contribution >= 0.6 is 0 Å². The van der Waals surface area contributed by atoms with E-state index in [1.807, 2.05) is 38.1 Å². The van der Waals surface area contributed by atoms with Crippen LogP contribution in [0.3, 0.4) is 0 Å². The van der Waals surface area contributed by atoms with Crippen molar-refractivity contribution in [2.75, 3.05) is 7.11 Å². The van der Waals surface area contributed by atoms with E-state index in [4.69, 9.17) is 9.32 Å². The molecule has 214 valence electrons. The molecule has 2 aromatic heterocycles. The lowest BCUT2D eigenvalue weighted by Crippen LogP contribution is -2.23. The van der Waals surface area contributed by atoms with Crippen LogP contribution in [0.5, 0.6) is 5.75 Å². The van der Waals surface area contributed by atoms with E-state index in [-0.39, 0.29) is 35.0 Å². The number of alkyl halides is 3. The molecule has 0 fully saturated rings. The molecule has 0 spiro atoms. The number of ether oxygens (including phenoxy) is 2. The summed E-state index contributed by atoms with van der Waals surface area (Å²) in [5.41, 5.74) is 2.46. The highest BCUT2D eigenvalue weighted by Gasteiger charge is 2.31. The second-order valence-corrected chi connectivity index (χ2v) is 8.99. The molecule has 0 saturated heterocycles. The Balaban J connectivity index is 0.000000858. The molecule has 4 rings (SSSR count). The van der Waals surface area contributed by atoms with E-state index in [1.54, 1.807) is 0 Å². The van der Waals surface area contributed by atoms with Gasteiger partial charge >= 0.3 is 6.36 Å². The van der Waals surface area contributed by atoms with Crippen molar-refractivity contribution in [2.45, 2.75) is 52.9 Å². The monoisotopic (exact) mass is 560 g/mol. The summed E-state index contributed by atoms with van der Waals surface area (Å²) < 4.78 is 51.3. The number of hydrogen-bond donors (Lipinski definition) is 0. The van der Waals surface area contributed by atoms with Gasteiger partial charge in [0.05, 0.1) is 13.7 Å². The topological polar surface area (TPSA) is 109 Å². The van der Waals surface area contributed by atoms with Crippen molar-refractivity contribution in [1.82, 2.24) is 19.9 Å². The fourth-order valence-electron chi connectivity index (χ4n) is 3.24. The third-order valence-corrected chi connectivity index (χ3v) is 5.08. The second-order valence-electron chi connectivity index (χ2n) is 8.99. The highest BCUT2D eigenvalue weighted by molar-refractivity contribution is 5.58. The van der Waals surface area contributed by atoms with Crippen molar-refractivity contribution in [2.24, 2.45) is 0 Å². The third kappa shape index (κ3) is 9.37. The summed E-state index contributed by atoms with van der Waals surface area (Å²) in [6.07, 6.45) is -4.77. The van der Waals surface area contributed by atoms with Crippen molar-refractivity contribution in [3.05, 3.63) is 82.1 Å². The molecular weight excluding hydrogens is 529 g/mol. The summed E-state index contributed by atoms with van der Waals surface area (Å²) in [5, 5.41) is 8.22. The molecule has 0 amide bonds. The molecule has 2 aromatic carbocycles. The van der Waals surface area contributed by atoms with Crippen molar-refractivity contribution in [1.29, 1.82) is 0 Å². The zero-order chi connectivity index (χ0) is 29.9. The van der Waals surface area contributed by atoms with Crippen molar-refractivity contribution < 1.29 is 32.0 Å². The Bertz CT molecular complexity index is 1430. The molecule has 0 aliphatic carbocycles. The molecule has 0 radical (unpaired) electrons. The van der Waals surface area contributed by atoms with Crippen LogP contribution in [-0.4, -0.2) is 39.9 Å². The van der Waals surface area contributed by atoms with Gasteiger partial charge in [0.25, 0.3) is 17.9 Å². The van der Waals surface area contributed by atoms with Crippen LogP contribution in [0.4, 0.5) is 13.2 Å². The first-order valence-corrected chi connectivity index (χ1v) is 12.2. The average molecular weight is 561 g/mol. The molecule has 0 bridgehead atoms. The van der Waals surface area contributed by atoms with Crippen molar-refractivity contribution in [3.8, 4) is 28.7 Å². The van der Waals surface area contributed by atoms with Crippen LogP contribution in [0, 0.1) is 0 Å². The minimum atomic E-state index is -4.77. The summed E-state index contributed by atoms with van der Waals surface area (Å²) >= 11 is 0. The summed E-state index contributed by atoms with van der Waals surface area (Å²) in [5.74, 6) is -0.127. The average Bonchev–Trinajstić information content (AvgIpc) is 3.41. The molecule has 0 aliphatic rings. The molecule has 9 nitrogen and oxygen atoms in total. The Morgan fingerprint density at radius 1 is 1.00 bits per heavy atom. The van der Waals surface area contributed by atoms with Gasteiger partial charge in [-0.3, -0.25) is 9.59 Å². The zero-order valence-corrected chi connectivity index (χ0v) is 23.0. The van der Waals surface area contributed by atoms with Gasteiger partial charge in [0.2, 0.25) is 5.82 Å². The number of benzene rings is 2. The van der Waals surface area contributed by atoms with Gasteiger partial charge in [0.1, 0.15) is 11.4 Å². The molecular formula is C28H31F3N4O5. The molecule has 0 N–H and O–H groups in total. The van der Waals surface area contributed by atoms with Gasteiger partial charge in [-0.05, 0) is 46.9 Å². The normalized spacial score (nSPS) is 10.9. The van der Waals surface area contributed by atoms with Gasteiger partial charge in [-0.25, -0.2) is 4.68 Å². The Morgan fingerprint density at radius 3 is 2.23 bits per heavy atom. The van der Waals surface area contributed by atoms with E-state index in [1.165, 1.54) is 36.1 Å². The largest absolute Gasteiger partial charge is 0.573 e. The van der Waals surface area contributed by atoms with Crippen LogP contribution in [0.15, 0.2) is 70.0 Å². The second kappa shape index (κ2) is 14.1. The third-order valence-electron chi connectivity index (χ3n) is 5.08. The fourth-order valence-corrected chi connectivity index (χ4v) is 3.24. The number of hydrogen-bond acceptors (Lipinski definition) is 8. The highest BCUT2D eigenvalue weighted by atomic mass is 19.4. The van der Waals surface area contributed by atoms with Crippen LogP contribution in [0.1, 0.15) is 45.7 Å². The minimum absolute atomic E-state index is 0.0342. The van der Waals surface area contributed by atoms with Gasteiger partial charge in [0.15, 0.2) is 0 Å². The number of methoxy groups -OCH3 is 1. The van der Waals surface area contributed by atoms with E-state index in [0.29, 0.717) is 17.7 Å². The molecule has 0 aliphatic heterocycles. The molecule has 2 heterocycles. The van der Waals surface area contributed by atoms with Crippen LogP contribution in [-0.2, 0) is 21.5 Å². The lowest BCUT2D eigenvalue weighted by atomic mass is 9.86. The number of carbonyl (C=O) groups is 1. The first kappa shape index (κ1) is 31.7. The zero-order valence-electron chi connectivity index (χ0n) is 23.0. The molecule has 0 unspecified atom stereocenters. The Hall–Kier alpha value is -4.48. The number of aromatic nitrogens is 4. The molecule has 0 saturated carbocycles. The van der Waals surface area contributed by atoms with Gasteiger partial charge in [0, 0.05) is 11.6 Å². The predicted octanol–water partition coefficient (Wildman–Crippen LogP) is 6.02. The SMILES string of the molecule is CC.CC(C)(C)c1cccc(Cn2nc(-c3nc(-c4ccc(OC(F)(F)F)cc4)no3)ccc2=O)c1.COC=O. The number of carbonyl (C=O) groups excluding carboxylic acids is 1. The first-order chi connectivity index (χ1) is 18.9. The standard InChI is InChI=1S/C24H21F3N4O3.C2H4O2.C2H6/c1-23(2,3)17-6-4-5-15(13-17)14-31-20(32)12-11-19(29-31)22-28-21(30-34-22)16-7-9-18(10-8-16)33-24(25,26)27;1-4-2-3;1-2/h4-13H,14H2,1-3H3;2H,1H3;1-2H3. The molecule has 0 atom stereocenters. The number of nitrogens with zero attached hydrogens (tertiary/aromatic N) is 4. The molecule has 12 heteroatoms. The Morgan fingerprint density at radius 2 is 1.65 bits per heavy atom. The number of rotatable bonds is 6. The fraction of sp³-hybridized carbons (Fsp3) is 0.321. The molecule has 40 heavy (non-hydrogen) atoms. The summed E-state index contributed by atoms with van der Waals surface area (Å²) in [6.45, 7) is 11.0. The smallest absolute Gasteiger partial charge is 0.471 e. The van der Waals surface area contributed by atoms with Gasteiger partial charge in [-0.15, -0.1) is 13.2 Å². The van der Waals surface area contributed by atoms with E-state index < -0.39 is 6.36 Å². The maximum Gasteiger partial charge on any atom is 0.573 e. The van der Waals surface area contributed by atoms with Crippen molar-refractivity contribution in [3.63, 3.8) is 0 Å². The lowest BCUT2D eigenvalue weighted by molar-refractivity contribution is -0.274. The van der Waals surface area contributed by atoms with Crippen LogP contribution < -0.4 is 10.3 Å². The minimum Gasteiger partial charge on any atom is -0.471 e. The Labute approximate surface area is 229 Å². The van der Waals surface area contributed by atoms with E-state index >= 15 is 0 Å². The predicted molar refractivity (Wildman–Crippen MR) is 143 cm³/mol. The maximum absolute atomic E-state index is 12.4. The summed E-state index contributed by atoms with van der Waals surface area (Å²) in [7, 11) is 1.31. The van der Waals surface area contributed by atoms with Crippen molar-refractivity contribution >= 4 is 6.47 Å².